The minimum absolute atomic E-state index is 0.0688. The van der Waals surface area contributed by atoms with E-state index in [1.54, 1.807) is 0 Å². The average Bonchev–Trinajstić information content (AvgIpc) is 2.12. The highest BCUT2D eigenvalue weighted by Crippen LogP contribution is 2.30. The molecular formula is C10H18BrClO. The Hall–Kier alpha value is 0.440. The van der Waals surface area contributed by atoms with Gasteiger partial charge in [0.15, 0.2) is 0 Å². The summed E-state index contributed by atoms with van der Waals surface area (Å²) in [4.78, 5) is 10.5. The third-order valence-electron chi connectivity index (χ3n) is 2.34. The molecular weight excluding hydrogens is 251 g/mol. The molecule has 0 aliphatic carbocycles. The molecule has 0 rings (SSSR count). The predicted octanol–water partition coefficient (Wildman–Crippen LogP) is 4.27. The molecule has 0 saturated carbocycles. The molecule has 0 aromatic carbocycles. The Kier molecular flexibility index (Phi) is 7.06. The van der Waals surface area contributed by atoms with E-state index in [2.05, 4.69) is 22.9 Å². The van der Waals surface area contributed by atoms with Gasteiger partial charge in [-0.3, -0.25) is 4.79 Å². The summed E-state index contributed by atoms with van der Waals surface area (Å²) in [7, 11) is 0. The first kappa shape index (κ1) is 13.4. The molecule has 0 aromatic heterocycles. The van der Waals surface area contributed by atoms with Crippen molar-refractivity contribution in [2.45, 2.75) is 57.2 Å². The molecule has 13 heavy (non-hydrogen) atoms. The lowest BCUT2D eigenvalue weighted by Crippen LogP contribution is -2.27. The number of alkyl halides is 1. The summed E-state index contributed by atoms with van der Waals surface area (Å²) in [5.74, 6) is 0. The lowest BCUT2D eigenvalue weighted by Gasteiger charge is -2.20. The van der Waals surface area contributed by atoms with Gasteiger partial charge in [0.1, 0.15) is 4.87 Å². The molecule has 0 bridgehead atoms. The van der Waals surface area contributed by atoms with E-state index >= 15 is 0 Å². The van der Waals surface area contributed by atoms with Gasteiger partial charge in [-0.15, -0.1) is 11.6 Å². The van der Waals surface area contributed by atoms with Crippen LogP contribution in [-0.4, -0.2) is 9.57 Å². The molecule has 0 radical (unpaired) electrons. The van der Waals surface area contributed by atoms with Crippen molar-refractivity contribution in [3.63, 3.8) is 0 Å². The van der Waals surface area contributed by atoms with Crippen molar-refractivity contribution >= 4 is 32.2 Å². The Morgan fingerprint density at radius 1 is 1.31 bits per heavy atom. The fourth-order valence-electron chi connectivity index (χ4n) is 1.25. The fourth-order valence-corrected chi connectivity index (χ4v) is 1.86. The number of hydrogen-bond acceptors (Lipinski definition) is 1. The number of rotatable bonds is 7. The topological polar surface area (TPSA) is 17.1 Å². The third kappa shape index (κ3) is 5.02. The number of carbonyl (C=O) groups excluding carboxylic acids is 1. The molecule has 1 nitrogen and oxygen atoms in total. The van der Waals surface area contributed by atoms with Gasteiger partial charge in [-0.1, -0.05) is 39.5 Å². The molecule has 0 aliphatic heterocycles. The highest BCUT2D eigenvalue weighted by atomic mass is 79.9. The Morgan fingerprint density at radius 3 is 2.31 bits per heavy atom. The van der Waals surface area contributed by atoms with Gasteiger partial charge >= 0.3 is 0 Å². The van der Waals surface area contributed by atoms with Crippen LogP contribution in [0.3, 0.4) is 0 Å². The summed E-state index contributed by atoms with van der Waals surface area (Å²) in [6, 6.07) is 0. The van der Waals surface area contributed by atoms with Crippen LogP contribution in [0.15, 0.2) is 0 Å². The maximum absolute atomic E-state index is 11.1. The van der Waals surface area contributed by atoms with Gasteiger partial charge in [-0.25, -0.2) is 0 Å². The second kappa shape index (κ2) is 6.83. The minimum Gasteiger partial charge on any atom is -0.285 e. The van der Waals surface area contributed by atoms with E-state index in [-0.39, 0.29) is 4.69 Å². The van der Waals surface area contributed by atoms with E-state index < -0.39 is 4.87 Å². The molecule has 78 valence electrons. The monoisotopic (exact) mass is 268 g/mol. The Bertz CT molecular complexity index is 161. The van der Waals surface area contributed by atoms with Crippen molar-refractivity contribution in [3.8, 4) is 0 Å². The smallest absolute Gasteiger partial charge is 0.218 e. The van der Waals surface area contributed by atoms with Gasteiger partial charge in [-0.2, -0.15) is 0 Å². The van der Waals surface area contributed by atoms with Crippen LogP contribution < -0.4 is 0 Å². The molecule has 1 atom stereocenters. The van der Waals surface area contributed by atoms with Crippen molar-refractivity contribution in [2.24, 2.45) is 0 Å². The quantitative estimate of drug-likeness (QED) is 0.383. The van der Waals surface area contributed by atoms with Crippen LogP contribution in [0, 0.1) is 0 Å². The van der Waals surface area contributed by atoms with Gasteiger partial charge in [0.25, 0.3) is 0 Å². The molecule has 0 heterocycles. The van der Waals surface area contributed by atoms with Crippen molar-refractivity contribution in [1.29, 1.82) is 0 Å². The van der Waals surface area contributed by atoms with Crippen LogP contribution in [-0.2, 0) is 4.79 Å². The van der Waals surface area contributed by atoms with Crippen molar-refractivity contribution in [3.05, 3.63) is 0 Å². The lowest BCUT2D eigenvalue weighted by atomic mass is 9.99. The zero-order valence-corrected chi connectivity index (χ0v) is 10.7. The van der Waals surface area contributed by atoms with E-state index in [1.165, 1.54) is 19.3 Å². The van der Waals surface area contributed by atoms with Crippen LogP contribution in [0.5, 0.6) is 0 Å². The summed E-state index contributed by atoms with van der Waals surface area (Å²) in [6.45, 7) is 4.12. The van der Waals surface area contributed by atoms with Gasteiger partial charge in [0.2, 0.25) is 4.69 Å². The average molecular weight is 270 g/mol. The Balaban J connectivity index is 3.78. The first-order valence-corrected chi connectivity index (χ1v) is 6.12. The summed E-state index contributed by atoms with van der Waals surface area (Å²) >= 11 is 9.10. The second-order valence-corrected chi connectivity index (χ2v) is 4.85. The van der Waals surface area contributed by atoms with Crippen LogP contribution in [0.25, 0.3) is 0 Å². The van der Waals surface area contributed by atoms with Crippen molar-refractivity contribution in [1.82, 2.24) is 0 Å². The lowest BCUT2D eigenvalue weighted by molar-refractivity contribution is -0.112. The standard InChI is InChI=1S/C10H18BrClO/c1-3-5-6-7-8-10(12,4-2)9(11)13/h3-8H2,1-2H3. The van der Waals surface area contributed by atoms with E-state index in [0.29, 0.717) is 6.42 Å². The van der Waals surface area contributed by atoms with Gasteiger partial charge in [-0.05, 0) is 28.8 Å². The largest absolute Gasteiger partial charge is 0.285 e. The Morgan fingerprint density at radius 2 is 1.92 bits per heavy atom. The van der Waals surface area contributed by atoms with Gasteiger partial charge in [0, 0.05) is 0 Å². The third-order valence-corrected chi connectivity index (χ3v) is 3.95. The molecule has 0 N–H and O–H groups in total. The normalized spacial score (nSPS) is 15.4. The molecule has 3 heteroatoms. The number of hydrogen-bond donors (Lipinski definition) is 0. The number of unbranched alkanes of at least 4 members (excludes halogenated alkanes) is 3. The maximum atomic E-state index is 11.1. The number of halogens is 2. The molecule has 0 aliphatic rings. The minimum atomic E-state index is -0.659. The fraction of sp³-hybridized carbons (Fsp3) is 0.900. The first-order chi connectivity index (χ1) is 6.06. The first-order valence-electron chi connectivity index (χ1n) is 4.95. The SMILES string of the molecule is CCCCCCC(Cl)(CC)C(=O)Br. The summed E-state index contributed by atoms with van der Waals surface area (Å²) in [5.41, 5.74) is 0. The zero-order valence-electron chi connectivity index (χ0n) is 8.41. The van der Waals surface area contributed by atoms with E-state index in [1.807, 2.05) is 6.92 Å². The van der Waals surface area contributed by atoms with E-state index in [0.717, 1.165) is 12.8 Å². The molecule has 1 unspecified atom stereocenters. The van der Waals surface area contributed by atoms with Gasteiger partial charge in [0.05, 0.1) is 0 Å². The highest BCUT2D eigenvalue weighted by Gasteiger charge is 2.31. The molecule has 0 aromatic rings. The van der Waals surface area contributed by atoms with Crippen molar-refractivity contribution < 1.29 is 4.79 Å². The summed E-state index contributed by atoms with van der Waals surface area (Å²) < 4.78 is -0.0688. The summed E-state index contributed by atoms with van der Waals surface area (Å²) in [5, 5.41) is 0. The van der Waals surface area contributed by atoms with Crippen LogP contribution in [0.1, 0.15) is 52.4 Å². The van der Waals surface area contributed by atoms with Crippen LogP contribution in [0.2, 0.25) is 0 Å². The predicted molar refractivity (Wildman–Crippen MR) is 61.6 cm³/mol. The molecule has 0 amide bonds. The summed E-state index contributed by atoms with van der Waals surface area (Å²) in [6.07, 6.45) is 6.14. The zero-order chi connectivity index (χ0) is 10.3. The van der Waals surface area contributed by atoms with Crippen LogP contribution >= 0.6 is 27.5 Å². The molecule has 0 spiro atoms. The maximum Gasteiger partial charge on any atom is 0.218 e. The van der Waals surface area contributed by atoms with E-state index in [9.17, 15) is 4.79 Å². The van der Waals surface area contributed by atoms with E-state index in [4.69, 9.17) is 11.6 Å². The Labute approximate surface area is 94.4 Å². The molecule has 0 saturated heterocycles. The second-order valence-electron chi connectivity index (χ2n) is 3.40. The number of carbonyl (C=O) groups is 1. The van der Waals surface area contributed by atoms with Gasteiger partial charge < -0.3 is 0 Å². The van der Waals surface area contributed by atoms with Crippen LogP contribution in [0.4, 0.5) is 0 Å². The highest BCUT2D eigenvalue weighted by molar-refractivity contribution is 9.18. The molecule has 0 fully saturated rings. The van der Waals surface area contributed by atoms with Crippen molar-refractivity contribution in [2.75, 3.05) is 0 Å².